The maximum absolute atomic E-state index is 11.7. The molecule has 1 heterocycles. The van der Waals surface area contributed by atoms with Crippen LogP contribution in [0.5, 0.6) is 0 Å². The predicted molar refractivity (Wildman–Crippen MR) is 61.1 cm³/mol. The number of carboxylic acid groups (broad SMARTS) is 1. The molecule has 18 heavy (non-hydrogen) atoms. The lowest BCUT2D eigenvalue weighted by atomic mass is 10.1. The van der Waals surface area contributed by atoms with Crippen molar-refractivity contribution in [2.24, 2.45) is 11.1 Å². The van der Waals surface area contributed by atoms with Gasteiger partial charge in [0.15, 0.2) is 6.04 Å². The number of carbonyl (C=O) groups excluding carboxylic acids is 1. The summed E-state index contributed by atoms with van der Waals surface area (Å²) >= 11 is 0. The molecule has 1 amide bonds. The van der Waals surface area contributed by atoms with Crippen LogP contribution in [0.25, 0.3) is 0 Å². The van der Waals surface area contributed by atoms with E-state index in [9.17, 15) is 18.0 Å². The molecule has 0 aromatic rings. The molecule has 0 aromatic carbocycles. The number of likely N-dealkylation sites (tertiary alicyclic amines) is 1. The Morgan fingerprint density at radius 3 is 2.72 bits per heavy atom. The highest BCUT2D eigenvalue weighted by Crippen LogP contribution is 2.21. The maximum Gasteiger partial charge on any atom is 0.328 e. The zero-order chi connectivity index (χ0) is 13.9. The van der Waals surface area contributed by atoms with Crippen molar-refractivity contribution in [2.75, 3.05) is 26.0 Å². The van der Waals surface area contributed by atoms with Gasteiger partial charge in [0.2, 0.25) is 15.9 Å². The summed E-state index contributed by atoms with van der Waals surface area (Å²) in [6.45, 7) is -0.0707. The Bertz CT molecular complexity index is 434. The minimum absolute atomic E-state index is 0.01000. The topological polar surface area (TPSA) is 127 Å². The van der Waals surface area contributed by atoms with Gasteiger partial charge in [0.1, 0.15) is 0 Å². The fourth-order valence-corrected chi connectivity index (χ4v) is 2.88. The molecule has 1 aliphatic heterocycles. The molecule has 1 aliphatic rings. The minimum atomic E-state index is -3.67. The molecule has 1 rings (SSSR count). The normalized spacial score (nSPS) is 22.2. The smallest absolute Gasteiger partial charge is 0.328 e. The molecule has 104 valence electrons. The van der Waals surface area contributed by atoms with Gasteiger partial charge >= 0.3 is 5.97 Å². The Morgan fingerprint density at radius 2 is 2.28 bits per heavy atom. The third-order valence-electron chi connectivity index (χ3n) is 2.69. The van der Waals surface area contributed by atoms with Crippen molar-refractivity contribution in [3.8, 4) is 0 Å². The van der Waals surface area contributed by atoms with E-state index < -0.39 is 33.9 Å². The zero-order valence-corrected chi connectivity index (χ0v) is 10.7. The third kappa shape index (κ3) is 3.93. The fourth-order valence-electron chi connectivity index (χ4n) is 2.00. The first-order valence-corrected chi connectivity index (χ1v) is 6.98. The van der Waals surface area contributed by atoms with Crippen LogP contribution in [0.3, 0.4) is 0 Å². The number of hydrogen-bond donors (Lipinski definition) is 2. The number of hydrogen-bond acceptors (Lipinski definition) is 5. The van der Waals surface area contributed by atoms with E-state index >= 15 is 0 Å². The van der Waals surface area contributed by atoms with Crippen LogP contribution in [0.2, 0.25) is 0 Å². The highest BCUT2D eigenvalue weighted by molar-refractivity contribution is 7.89. The molecule has 3 N–H and O–H groups in total. The first kappa shape index (κ1) is 14.9. The number of rotatable bonds is 6. The van der Waals surface area contributed by atoms with E-state index in [0.29, 0.717) is 0 Å². The average molecular weight is 280 g/mol. The van der Waals surface area contributed by atoms with Gasteiger partial charge in [-0.1, -0.05) is 0 Å². The molecule has 1 fully saturated rings. The molecular weight excluding hydrogens is 264 g/mol. The van der Waals surface area contributed by atoms with Gasteiger partial charge in [0.25, 0.3) is 0 Å². The number of primary sulfonamides is 1. The number of carboxylic acids is 1. The van der Waals surface area contributed by atoms with E-state index in [1.54, 1.807) is 0 Å². The Morgan fingerprint density at radius 1 is 1.67 bits per heavy atom. The van der Waals surface area contributed by atoms with Crippen LogP contribution >= 0.6 is 0 Å². The number of methoxy groups -OCH3 is 1. The van der Waals surface area contributed by atoms with Crippen molar-refractivity contribution in [3.63, 3.8) is 0 Å². The third-order valence-corrected chi connectivity index (χ3v) is 3.63. The molecule has 1 saturated heterocycles. The zero-order valence-electron chi connectivity index (χ0n) is 9.90. The van der Waals surface area contributed by atoms with Gasteiger partial charge in [0, 0.05) is 26.0 Å². The minimum Gasteiger partial charge on any atom is -0.480 e. The van der Waals surface area contributed by atoms with Crippen LogP contribution in [-0.2, 0) is 24.3 Å². The summed E-state index contributed by atoms with van der Waals surface area (Å²) in [7, 11) is -2.34. The molecule has 1 unspecified atom stereocenters. The average Bonchev–Trinajstić information content (AvgIpc) is 2.52. The van der Waals surface area contributed by atoms with Gasteiger partial charge in [-0.25, -0.2) is 18.4 Å². The lowest BCUT2D eigenvalue weighted by molar-refractivity contribution is -0.150. The lowest BCUT2D eigenvalue weighted by Crippen LogP contribution is -2.45. The van der Waals surface area contributed by atoms with E-state index in [-0.39, 0.29) is 25.3 Å². The second-order valence-electron chi connectivity index (χ2n) is 4.26. The van der Waals surface area contributed by atoms with Crippen molar-refractivity contribution in [3.05, 3.63) is 0 Å². The van der Waals surface area contributed by atoms with Crippen LogP contribution in [0.15, 0.2) is 0 Å². The first-order chi connectivity index (χ1) is 8.24. The second kappa shape index (κ2) is 5.63. The monoisotopic (exact) mass is 280 g/mol. The van der Waals surface area contributed by atoms with Gasteiger partial charge < -0.3 is 14.7 Å². The van der Waals surface area contributed by atoms with E-state index in [4.69, 9.17) is 15.0 Å². The molecule has 0 bridgehead atoms. The number of carbonyl (C=O) groups is 2. The number of aliphatic carboxylic acids is 1. The molecule has 0 saturated carbocycles. The summed E-state index contributed by atoms with van der Waals surface area (Å²) in [5, 5.41) is 13.9. The molecule has 0 radical (unpaired) electrons. The van der Waals surface area contributed by atoms with Gasteiger partial charge in [-0.3, -0.25) is 4.79 Å². The molecule has 0 aromatic heterocycles. The Kier molecular flexibility index (Phi) is 4.65. The predicted octanol–water partition coefficient (Wildman–Crippen LogP) is -1.78. The highest BCUT2D eigenvalue weighted by Gasteiger charge is 2.38. The summed E-state index contributed by atoms with van der Waals surface area (Å²) in [4.78, 5) is 23.8. The van der Waals surface area contributed by atoms with Gasteiger partial charge in [0.05, 0.1) is 12.4 Å². The summed E-state index contributed by atoms with van der Waals surface area (Å²) in [5.41, 5.74) is 0. The second-order valence-corrected chi connectivity index (χ2v) is 5.91. The van der Waals surface area contributed by atoms with Crippen molar-refractivity contribution < 1.29 is 27.9 Å². The van der Waals surface area contributed by atoms with E-state index in [1.165, 1.54) is 7.11 Å². The standard InChI is InChI=1S/C9H16N2O6S/c1-17-4-7(9(13)14)11-3-6(2-8(11)12)5-18(10,15)16/h6-7H,2-5H2,1H3,(H,13,14)(H2,10,15,16)/t6?,7-/m0/s1. The Labute approximate surface area is 105 Å². The molecule has 8 nitrogen and oxygen atoms in total. The van der Waals surface area contributed by atoms with Crippen LogP contribution in [0, 0.1) is 5.92 Å². The molecule has 0 aliphatic carbocycles. The number of amides is 1. The lowest BCUT2D eigenvalue weighted by Gasteiger charge is -2.23. The largest absolute Gasteiger partial charge is 0.480 e. The van der Waals surface area contributed by atoms with Gasteiger partial charge in [-0.15, -0.1) is 0 Å². The van der Waals surface area contributed by atoms with Crippen molar-refractivity contribution in [2.45, 2.75) is 12.5 Å². The van der Waals surface area contributed by atoms with Gasteiger partial charge in [-0.05, 0) is 0 Å². The number of ether oxygens (including phenoxy) is 1. The molecule has 0 spiro atoms. The fraction of sp³-hybridized carbons (Fsp3) is 0.778. The van der Waals surface area contributed by atoms with E-state index in [2.05, 4.69) is 0 Å². The summed E-state index contributed by atoms with van der Waals surface area (Å²) < 4.78 is 26.6. The molecule has 2 atom stereocenters. The number of sulfonamides is 1. The Hall–Kier alpha value is -1.19. The summed E-state index contributed by atoms with van der Waals surface area (Å²) in [6, 6.07) is -1.09. The van der Waals surface area contributed by atoms with Gasteiger partial charge in [-0.2, -0.15) is 0 Å². The van der Waals surface area contributed by atoms with E-state index in [0.717, 1.165) is 4.90 Å². The number of nitrogens with two attached hydrogens (primary N) is 1. The molecule has 9 heteroatoms. The van der Waals surface area contributed by atoms with Crippen LogP contribution in [0.4, 0.5) is 0 Å². The summed E-state index contributed by atoms with van der Waals surface area (Å²) in [6.07, 6.45) is -0.01000. The van der Waals surface area contributed by atoms with Crippen LogP contribution < -0.4 is 5.14 Å². The summed E-state index contributed by atoms with van der Waals surface area (Å²) in [5.74, 6) is -2.37. The number of nitrogens with zero attached hydrogens (tertiary/aromatic N) is 1. The van der Waals surface area contributed by atoms with Crippen molar-refractivity contribution in [1.29, 1.82) is 0 Å². The highest BCUT2D eigenvalue weighted by atomic mass is 32.2. The van der Waals surface area contributed by atoms with E-state index in [1.807, 2.05) is 0 Å². The van der Waals surface area contributed by atoms with Crippen LogP contribution in [0.1, 0.15) is 6.42 Å². The SMILES string of the molecule is COC[C@@H](C(=O)O)N1CC(CS(N)(=O)=O)CC1=O. The maximum atomic E-state index is 11.7. The van der Waals surface area contributed by atoms with Crippen LogP contribution in [-0.4, -0.2) is 62.4 Å². The van der Waals surface area contributed by atoms with Crippen molar-refractivity contribution in [1.82, 2.24) is 4.90 Å². The Balaban J connectivity index is 2.74. The quantitative estimate of drug-likeness (QED) is 0.592. The molecular formula is C9H16N2O6S. The van der Waals surface area contributed by atoms with Crippen molar-refractivity contribution >= 4 is 21.9 Å². The first-order valence-electron chi connectivity index (χ1n) is 5.26.